The molecule has 2 atom stereocenters. The van der Waals surface area contributed by atoms with Crippen LogP contribution in [0.25, 0.3) is 43.4 Å². The molecule has 52 heavy (non-hydrogen) atoms. The van der Waals surface area contributed by atoms with Gasteiger partial charge < -0.3 is 30.1 Å². The number of nitrogens with two attached hydrogens (primary N) is 2. The molecule has 4 N–H and O–H groups in total. The SMILES string of the molecule is Cc1nccc2c1c(=O)n(C)c1cc(OC[C@@H](N)CC(F)(F)F)ccc21.Cc1nccc2c1c(=O)n(C)c1cc(OC[C@H](N)CC(F)(F)F)ccc21. The van der Waals surface area contributed by atoms with Crippen molar-refractivity contribution in [3.8, 4) is 11.5 Å². The number of nitrogens with zero attached hydrogens (tertiary/aromatic N) is 4. The number of alkyl halides is 6. The Bertz CT molecular complexity index is 2220. The van der Waals surface area contributed by atoms with Crippen molar-refractivity contribution >= 4 is 43.4 Å². The Balaban J connectivity index is 0.000000201. The van der Waals surface area contributed by atoms with Crippen molar-refractivity contribution in [1.82, 2.24) is 19.1 Å². The van der Waals surface area contributed by atoms with Crippen molar-refractivity contribution in [3.63, 3.8) is 0 Å². The van der Waals surface area contributed by atoms with Gasteiger partial charge in [-0.1, -0.05) is 0 Å². The van der Waals surface area contributed by atoms with Gasteiger partial charge in [0, 0.05) is 61.5 Å². The lowest BCUT2D eigenvalue weighted by Crippen LogP contribution is -2.33. The molecule has 2 aromatic carbocycles. The van der Waals surface area contributed by atoms with Crippen LogP contribution in [0.1, 0.15) is 24.2 Å². The van der Waals surface area contributed by atoms with E-state index in [1.54, 1.807) is 88.9 Å². The first kappa shape index (κ1) is 38.0. The Morgan fingerprint density at radius 3 is 1.35 bits per heavy atom. The van der Waals surface area contributed by atoms with Crippen LogP contribution in [-0.2, 0) is 14.1 Å². The van der Waals surface area contributed by atoms with Gasteiger partial charge in [0.15, 0.2) is 0 Å². The summed E-state index contributed by atoms with van der Waals surface area (Å²) in [6, 6.07) is 11.4. The molecule has 276 valence electrons. The highest BCUT2D eigenvalue weighted by Crippen LogP contribution is 2.29. The molecule has 0 fully saturated rings. The fraction of sp³-hybridized carbons (Fsp3) is 0.333. The van der Waals surface area contributed by atoms with Gasteiger partial charge in [0.25, 0.3) is 11.1 Å². The van der Waals surface area contributed by atoms with Gasteiger partial charge in [0.2, 0.25) is 0 Å². The second-order valence-electron chi connectivity index (χ2n) is 12.5. The first-order chi connectivity index (χ1) is 24.3. The third kappa shape index (κ3) is 8.45. The third-order valence-electron chi connectivity index (χ3n) is 8.47. The van der Waals surface area contributed by atoms with Crippen molar-refractivity contribution in [2.45, 2.75) is 51.1 Å². The number of pyridine rings is 4. The van der Waals surface area contributed by atoms with Gasteiger partial charge in [-0.2, -0.15) is 26.3 Å². The number of hydrogen-bond donors (Lipinski definition) is 2. The first-order valence-corrected chi connectivity index (χ1v) is 16.0. The molecule has 0 spiro atoms. The van der Waals surface area contributed by atoms with Gasteiger partial charge in [0.1, 0.15) is 24.7 Å². The molecule has 0 saturated heterocycles. The fourth-order valence-electron chi connectivity index (χ4n) is 6.01. The van der Waals surface area contributed by atoms with E-state index in [-0.39, 0.29) is 24.3 Å². The number of hydrogen-bond acceptors (Lipinski definition) is 8. The predicted molar refractivity (Wildman–Crippen MR) is 187 cm³/mol. The van der Waals surface area contributed by atoms with Crippen molar-refractivity contribution in [1.29, 1.82) is 0 Å². The van der Waals surface area contributed by atoms with Gasteiger partial charge in [-0.25, -0.2) is 0 Å². The van der Waals surface area contributed by atoms with Crippen molar-refractivity contribution in [3.05, 3.63) is 93.0 Å². The Morgan fingerprint density at radius 1 is 0.635 bits per heavy atom. The maximum Gasteiger partial charge on any atom is 0.390 e. The highest BCUT2D eigenvalue weighted by atomic mass is 19.4. The summed E-state index contributed by atoms with van der Waals surface area (Å²) in [6.45, 7) is 3.01. The zero-order chi connectivity index (χ0) is 38.1. The van der Waals surface area contributed by atoms with Crippen LogP contribution in [0, 0.1) is 13.8 Å². The van der Waals surface area contributed by atoms with Crippen LogP contribution in [0.3, 0.4) is 0 Å². The summed E-state index contributed by atoms with van der Waals surface area (Å²) in [7, 11) is 3.27. The Labute approximate surface area is 292 Å². The summed E-state index contributed by atoms with van der Waals surface area (Å²) >= 11 is 0. The van der Waals surface area contributed by atoms with E-state index >= 15 is 0 Å². The molecule has 0 bridgehead atoms. The van der Waals surface area contributed by atoms with Crippen molar-refractivity contribution in [2.75, 3.05) is 13.2 Å². The minimum Gasteiger partial charge on any atom is -0.492 e. The summed E-state index contributed by atoms with van der Waals surface area (Å²) in [5.74, 6) is 0.713. The highest BCUT2D eigenvalue weighted by Gasteiger charge is 2.31. The molecule has 0 radical (unpaired) electrons. The molecule has 0 saturated carbocycles. The van der Waals surface area contributed by atoms with E-state index in [1.807, 2.05) is 0 Å². The highest BCUT2D eigenvalue weighted by molar-refractivity contribution is 6.07. The Kier molecular flexibility index (Phi) is 10.8. The smallest absolute Gasteiger partial charge is 0.390 e. The van der Waals surface area contributed by atoms with E-state index in [9.17, 15) is 35.9 Å². The topological polar surface area (TPSA) is 140 Å². The van der Waals surface area contributed by atoms with E-state index in [4.69, 9.17) is 20.9 Å². The normalized spacial score (nSPS) is 13.3. The molecule has 4 heterocycles. The van der Waals surface area contributed by atoms with Gasteiger partial charge in [0.05, 0.1) is 46.0 Å². The van der Waals surface area contributed by atoms with Crippen LogP contribution < -0.4 is 32.1 Å². The van der Waals surface area contributed by atoms with E-state index in [1.165, 1.54) is 9.13 Å². The molecule has 6 rings (SSSR count). The van der Waals surface area contributed by atoms with Crippen molar-refractivity contribution < 1.29 is 35.8 Å². The average molecular weight is 731 g/mol. The molecule has 0 amide bonds. The molecule has 4 aromatic heterocycles. The monoisotopic (exact) mass is 730 g/mol. The van der Waals surface area contributed by atoms with Gasteiger partial charge in [-0.15, -0.1) is 0 Å². The predicted octanol–water partition coefficient (Wildman–Crippen LogP) is 6.11. The molecule has 6 aromatic rings. The maximum absolute atomic E-state index is 12.6. The van der Waals surface area contributed by atoms with Crippen LogP contribution in [0.2, 0.25) is 0 Å². The molecular formula is C36H36F6N6O4. The number of aryl methyl sites for hydroxylation is 4. The van der Waals surface area contributed by atoms with Crippen LogP contribution in [0.15, 0.2) is 70.5 Å². The minimum atomic E-state index is -4.33. The van der Waals surface area contributed by atoms with E-state index in [2.05, 4.69) is 9.97 Å². The summed E-state index contributed by atoms with van der Waals surface area (Å²) in [4.78, 5) is 33.6. The summed E-state index contributed by atoms with van der Waals surface area (Å²) in [6.07, 6.45) is -7.62. The van der Waals surface area contributed by atoms with Gasteiger partial charge in [-0.3, -0.25) is 19.6 Å². The quantitative estimate of drug-likeness (QED) is 0.141. The number of benzene rings is 2. The number of ether oxygens (including phenoxy) is 2. The molecule has 0 aliphatic carbocycles. The standard InChI is InChI=1S/2C18H18F3N3O2/c2*1-10-16-14(5-6-23-10)13-4-3-12(7-15(13)24(2)17(16)25)26-9-11(22)8-18(19,20)21/h2*3-7,11H,8-9,22H2,1-2H3/t2*11-/m10/s1. The molecular weight excluding hydrogens is 694 g/mol. The average Bonchev–Trinajstić information content (AvgIpc) is 3.06. The van der Waals surface area contributed by atoms with E-state index in [0.29, 0.717) is 44.7 Å². The largest absolute Gasteiger partial charge is 0.492 e. The van der Waals surface area contributed by atoms with E-state index < -0.39 is 37.3 Å². The van der Waals surface area contributed by atoms with Crippen LogP contribution in [-0.4, -0.2) is 56.8 Å². The lowest BCUT2D eigenvalue weighted by Gasteiger charge is -2.16. The number of halogens is 6. The van der Waals surface area contributed by atoms with Gasteiger partial charge >= 0.3 is 12.4 Å². The number of aromatic nitrogens is 4. The summed E-state index contributed by atoms with van der Waals surface area (Å²) in [5, 5.41) is 4.30. The Morgan fingerprint density at radius 2 is 1.00 bits per heavy atom. The number of rotatable bonds is 8. The number of fused-ring (bicyclic) bond motifs is 6. The van der Waals surface area contributed by atoms with Crippen LogP contribution in [0.4, 0.5) is 26.3 Å². The lowest BCUT2D eigenvalue weighted by molar-refractivity contribution is -0.140. The molecule has 0 aliphatic rings. The molecule has 0 aliphatic heterocycles. The summed E-state index contributed by atoms with van der Waals surface area (Å²) in [5.41, 5.74) is 13.1. The maximum atomic E-state index is 12.6. The minimum absolute atomic E-state index is 0.191. The molecule has 0 unspecified atom stereocenters. The molecule has 16 heteroatoms. The third-order valence-corrected chi connectivity index (χ3v) is 8.47. The van der Waals surface area contributed by atoms with E-state index in [0.717, 1.165) is 21.5 Å². The second kappa shape index (κ2) is 14.8. The lowest BCUT2D eigenvalue weighted by atomic mass is 10.1. The van der Waals surface area contributed by atoms with Crippen LogP contribution in [0.5, 0.6) is 11.5 Å². The first-order valence-electron chi connectivity index (χ1n) is 16.0. The zero-order valence-corrected chi connectivity index (χ0v) is 28.6. The van der Waals surface area contributed by atoms with Crippen LogP contribution >= 0.6 is 0 Å². The zero-order valence-electron chi connectivity index (χ0n) is 28.6. The van der Waals surface area contributed by atoms with Crippen molar-refractivity contribution in [2.24, 2.45) is 25.6 Å². The fourth-order valence-corrected chi connectivity index (χ4v) is 6.01. The van der Waals surface area contributed by atoms with Gasteiger partial charge in [-0.05, 0) is 61.0 Å². The second-order valence-corrected chi connectivity index (χ2v) is 12.5. The Hall–Kier alpha value is -5.22. The summed E-state index contributed by atoms with van der Waals surface area (Å²) < 4.78 is 87.8. The molecule has 10 nitrogen and oxygen atoms in total.